The quantitative estimate of drug-likeness (QED) is 0.571. The second kappa shape index (κ2) is 8.15. The minimum absolute atomic E-state index is 0.0759. The molecule has 3 rings (SSSR count). The second-order valence-electron chi connectivity index (χ2n) is 6.84. The van der Waals surface area contributed by atoms with Crippen molar-refractivity contribution in [1.29, 1.82) is 0 Å². The van der Waals surface area contributed by atoms with E-state index in [1.54, 1.807) is 19.1 Å². The average Bonchev–Trinajstić information content (AvgIpc) is 3.26. The molecule has 11 heteroatoms. The van der Waals surface area contributed by atoms with Crippen LogP contribution in [-0.2, 0) is 23.9 Å². The Kier molecular flexibility index (Phi) is 5.95. The van der Waals surface area contributed by atoms with Gasteiger partial charge in [0.2, 0.25) is 11.5 Å². The predicted molar refractivity (Wildman–Crippen MR) is 102 cm³/mol. The first-order chi connectivity index (χ1) is 14.0. The highest BCUT2D eigenvalue weighted by atomic mass is 32.1. The van der Waals surface area contributed by atoms with Gasteiger partial charge in [0.15, 0.2) is 11.0 Å². The Labute approximate surface area is 173 Å². The fraction of sp³-hybridized carbons (Fsp3) is 0.316. The number of anilines is 1. The van der Waals surface area contributed by atoms with Crippen molar-refractivity contribution in [1.82, 2.24) is 14.5 Å². The number of amides is 1. The standard InChI is InChI=1S/C19H18F4N4O2S/c1-11-3-4-12(8-14(11)20)7-13-10-25-17(30-13)26-15(28)9-18(29,19(21,22)23)16-24-5-6-27(16)2/h3-6,8,10,29H,7,9H2,1-2H3,(H,25,26,28). The highest BCUT2D eigenvalue weighted by Gasteiger charge is 2.58. The minimum atomic E-state index is -5.12. The number of carbonyl (C=O) groups is 1. The molecule has 0 radical (unpaired) electrons. The Balaban J connectivity index is 1.71. The number of halogens is 4. The molecule has 0 saturated heterocycles. The van der Waals surface area contributed by atoms with Gasteiger partial charge in [0.1, 0.15) is 5.82 Å². The predicted octanol–water partition coefficient (Wildman–Crippen LogP) is 3.69. The molecule has 0 aliphatic carbocycles. The molecule has 3 aromatic rings. The highest BCUT2D eigenvalue weighted by molar-refractivity contribution is 7.15. The summed E-state index contributed by atoms with van der Waals surface area (Å²) in [6.45, 7) is 1.65. The third kappa shape index (κ3) is 4.51. The largest absolute Gasteiger partial charge is 0.425 e. The summed E-state index contributed by atoms with van der Waals surface area (Å²) in [5, 5.41) is 12.6. The fourth-order valence-corrected chi connectivity index (χ4v) is 3.72. The molecule has 2 N–H and O–H groups in total. The van der Waals surface area contributed by atoms with Crippen molar-refractivity contribution >= 4 is 22.4 Å². The average molecular weight is 442 g/mol. The Bertz CT molecular complexity index is 1060. The van der Waals surface area contributed by atoms with Crippen LogP contribution in [0.5, 0.6) is 0 Å². The van der Waals surface area contributed by atoms with Crippen molar-refractivity contribution in [3.8, 4) is 0 Å². The van der Waals surface area contributed by atoms with Crippen LogP contribution in [0.2, 0.25) is 0 Å². The molecule has 30 heavy (non-hydrogen) atoms. The summed E-state index contributed by atoms with van der Waals surface area (Å²) >= 11 is 1.05. The van der Waals surface area contributed by atoms with Gasteiger partial charge in [-0.3, -0.25) is 4.79 Å². The van der Waals surface area contributed by atoms with Gasteiger partial charge in [-0.2, -0.15) is 13.2 Å². The Hall–Kier alpha value is -2.79. The number of nitrogens with one attached hydrogen (secondary N) is 1. The van der Waals surface area contributed by atoms with Gasteiger partial charge in [-0.25, -0.2) is 14.4 Å². The van der Waals surface area contributed by atoms with Crippen LogP contribution in [0.1, 0.15) is 28.2 Å². The van der Waals surface area contributed by atoms with Crippen molar-refractivity contribution < 1.29 is 27.5 Å². The molecule has 0 spiro atoms. The van der Waals surface area contributed by atoms with E-state index >= 15 is 0 Å². The number of benzene rings is 1. The van der Waals surface area contributed by atoms with Gasteiger partial charge in [0.05, 0.1) is 6.42 Å². The maximum atomic E-state index is 13.7. The molecule has 1 unspecified atom stereocenters. The van der Waals surface area contributed by atoms with Crippen LogP contribution in [0.3, 0.4) is 0 Å². The van der Waals surface area contributed by atoms with Crippen LogP contribution in [0.25, 0.3) is 0 Å². The van der Waals surface area contributed by atoms with E-state index in [1.807, 2.05) is 0 Å². The first-order valence-corrected chi connectivity index (χ1v) is 9.58. The zero-order valence-corrected chi connectivity index (χ0v) is 16.8. The normalized spacial score (nSPS) is 13.8. The highest BCUT2D eigenvalue weighted by Crippen LogP contribution is 2.41. The van der Waals surface area contributed by atoms with E-state index < -0.39 is 29.9 Å². The number of thiazole rings is 1. The maximum Gasteiger partial charge on any atom is 0.425 e. The van der Waals surface area contributed by atoms with E-state index in [-0.39, 0.29) is 10.9 Å². The van der Waals surface area contributed by atoms with Crippen molar-refractivity contribution in [3.05, 3.63) is 64.4 Å². The number of aliphatic hydroxyl groups is 1. The summed E-state index contributed by atoms with van der Waals surface area (Å²) in [6.07, 6.45) is -2.25. The van der Waals surface area contributed by atoms with Gasteiger partial charge < -0.3 is 15.0 Å². The van der Waals surface area contributed by atoms with E-state index in [1.165, 1.54) is 25.5 Å². The zero-order chi connectivity index (χ0) is 22.1. The summed E-state index contributed by atoms with van der Waals surface area (Å²) < 4.78 is 55.3. The molecule has 0 fully saturated rings. The molecule has 1 amide bonds. The summed E-state index contributed by atoms with van der Waals surface area (Å²) in [4.78, 5) is 20.4. The van der Waals surface area contributed by atoms with E-state index in [0.29, 0.717) is 22.4 Å². The molecule has 1 aromatic carbocycles. The van der Waals surface area contributed by atoms with E-state index in [9.17, 15) is 27.5 Å². The number of nitrogens with zero attached hydrogens (tertiary/aromatic N) is 3. The number of aromatic nitrogens is 3. The molecule has 0 aliphatic heterocycles. The van der Waals surface area contributed by atoms with Crippen LogP contribution < -0.4 is 5.32 Å². The molecular weight excluding hydrogens is 424 g/mol. The number of imidazole rings is 1. The summed E-state index contributed by atoms with van der Waals surface area (Å²) in [7, 11) is 1.29. The Morgan fingerprint density at radius 2 is 2.03 bits per heavy atom. The van der Waals surface area contributed by atoms with Gasteiger partial charge in [-0.15, -0.1) is 11.3 Å². The summed E-state index contributed by atoms with van der Waals surface area (Å²) in [6, 6.07) is 4.79. The molecule has 1 atom stereocenters. The SMILES string of the molecule is Cc1ccc(Cc2cnc(NC(=O)CC(O)(c3nccn3C)C(F)(F)F)s2)cc1F. The molecule has 2 aromatic heterocycles. The topological polar surface area (TPSA) is 80.0 Å². The number of alkyl halides is 3. The number of rotatable bonds is 6. The second-order valence-corrected chi connectivity index (χ2v) is 7.95. The number of hydrogen-bond donors (Lipinski definition) is 2. The third-order valence-corrected chi connectivity index (χ3v) is 5.40. The molecule has 0 bridgehead atoms. The third-order valence-electron chi connectivity index (χ3n) is 4.49. The lowest BCUT2D eigenvalue weighted by molar-refractivity contribution is -0.270. The van der Waals surface area contributed by atoms with Gasteiger partial charge in [0, 0.05) is 36.9 Å². The number of hydrogen-bond acceptors (Lipinski definition) is 5. The Morgan fingerprint density at radius 3 is 2.63 bits per heavy atom. The van der Waals surface area contributed by atoms with Crippen molar-refractivity contribution in [3.63, 3.8) is 0 Å². The van der Waals surface area contributed by atoms with Gasteiger partial charge in [0.25, 0.3) is 0 Å². The lowest BCUT2D eigenvalue weighted by Crippen LogP contribution is -2.46. The Morgan fingerprint density at radius 1 is 1.30 bits per heavy atom. The van der Waals surface area contributed by atoms with Gasteiger partial charge in [-0.1, -0.05) is 12.1 Å². The van der Waals surface area contributed by atoms with Crippen molar-refractivity contribution in [2.45, 2.75) is 31.5 Å². The molecular formula is C19H18F4N4O2S. The number of aryl methyl sites for hydroxylation is 2. The monoisotopic (exact) mass is 442 g/mol. The van der Waals surface area contributed by atoms with Crippen LogP contribution in [0, 0.1) is 12.7 Å². The van der Waals surface area contributed by atoms with E-state index in [2.05, 4.69) is 15.3 Å². The fourth-order valence-electron chi connectivity index (χ4n) is 2.86. The van der Waals surface area contributed by atoms with E-state index in [4.69, 9.17) is 0 Å². The van der Waals surface area contributed by atoms with Gasteiger partial charge in [-0.05, 0) is 24.1 Å². The molecule has 6 nitrogen and oxygen atoms in total. The molecule has 0 aliphatic rings. The van der Waals surface area contributed by atoms with Crippen molar-refractivity contribution in [2.75, 3.05) is 5.32 Å². The van der Waals surface area contributed by atoms with Crippen molar-refractivity contribution in [2.24, 2.45) is 7.05 Å². The first kappa shape index (κ1) is 21.9. The lowest BCUT2D eigenvalue weighted by Gasteiger charge is -2.29. The first-order valence-electron chi connectivity index (χ1n) is 8.76. The maximum absolute atomic E-state index is 13.7. The van der Waals surface area contributed by atoms with Crippen LogP contribution in [-0.4, -0.2) is 31.7 Å². The molecule has 160 valence electrons. The van der Waals surface area contributed by atoms with Crippen LogP contribution >= 0.6 is 11.3 Å². The van der Waals surface area contributed by atoms with Crippen LogP contribution in [0.4, 0.5) is 22.7 Å². The summed E-state index contributed by atoms with van der Waals surface area (Å²) in [5.74, 6) is -2.10. The smallest absolute Gasteiger partial charge is 0.374 e. The molecule has 2 heterocycles. The molecule has 0 saturated carbocycles. The van der Waals surface area contributed by atoms with E-state index in [0.717, 1.165) is 22.1 Å². The number of carbonyl (C=O) groups excluding carboxylic acids is 1. The minimum Gasteiger partial charge on any atom is -0.374 e. The van der Waals surface area contributed by atoms with Crippen LogP contribution in [0.15, 0.2) is 36.8 Å². The summed E-state index contributed by atoms with van der Waals surface area (Å²) in [5.41, 5.74) is -2.24. The van der Waals surface area contributed by atoms with Gasteiger partial charge >= 0.3 is 6.18 Å². The zero-order valence-electron chi connectivity index (χ0n) is 16.0. The lowest BCUT2D eigenvalue weighted by atomic mass is 9.97.